The first kappa shape index (κ1) is 14.4. The van der Waals surface area contributed by atoms with E-state index in [1.54, 1.807) is 36.1 Å². The average molecular weight is 274 g/mol. The Kier molecular flexibility index (Phi) is 3.96. The standard InChI is InChI=1S/C15H18N2O3/c1-3-15(19)9-17(10-15)14(18)11(2)20-13-7-5-4-6-12(13)8-16/h4-7,11,19H,3,9-10H2,1-2H3. The lowest BCUT2D eigenvalue weighted by molar-refractivity contribution is -0.162. The van der Waals surface area contributed by atoms with Crippen molar-refractivity contribution >= 4 is 5.91 Å². The quantitative estimate of drug-likeness (QED) is 0.898. The van der Waals surface area contributed by atoms with Gasteiger partial charge in [-0.05, 0) is 25.5 Å². The fourth-order valence-electron chi connectivity index (χ4n) is 2.20. The smallest absolute Gasteiger partial charge is 0.263 e. The molecule has 1 heterocycles. The molecule has 0 aliphatic carbocycles. The van der Waals surface area contributed by atoms with Crippen LogP contribution in [0.2, 0.25) is 0 Å². The van der Waals surface area contributed by atoms with Crippen molar-refractivity contribution in [3.63, 3.8) is 0 Å². The van der Waals surface area contributed by atoms with Gasteiger partial charge in [0.15, 0.2) is 6.10 Å². The van der Waals surface area contributed by atoms with E-state index in [4.69, 9.17) is 10.00 Å². The monoisotopic (exact) mass is 274 g/mol. The number of ether oxygens (including phenoxy) is 1. The Morgan fingerprint density at radius 3 is 2.80 bits per heavy atom. The van der Waals surface area contributed by atoms with Gasteiger partial charge < -0.3 is 14.7 Å². The molecule has 1 saturated heterocycles. The van der Waals surface area contributed by atoms with Crippen LogP contribution in [0.4, 0.5) is 0 Å². The van der Waals surface area contributed by atoms with Crippen molar-refractivity contribution in [1.29, 1.82) is 5.26 Å². The van der Waals surface area contributed by atoms with E-state index in [1.165, 1.54) is 0 Å². The second-order valence-corrected chi connectivity index (χ2v) is 5.14. The fourth-order valence-corrected chi connectivity index (χ4v) is 2.20. The molecule has 1 aliphatic rings. The van der Waals surface area contributed by atoms with Gasteiger partial charge >= 0.3 is 0 Å². The Morgan fingerprint density at radius 1 is 1.55 bits per heavy atom. The second-order valence-electron chi connectivity index (χ2n) is 5.14. The number of amides is 1. The summed E-state index contributed by atoms with van der Waals surface area (Å²) in [7, 11) is 0. The first-order chi connectivity index (χ1) is 9.49. The highest BCUT2D eigenvalue weighted by atomic mass is 16.5. The van der Waals surface area contributed by atoms with Gasteiger partial charge in [-0.3, -0.25) is 4.79 Å². The molecule has 1 fully saturated rings. The summed E-state index contributed by atoms with van der Waals surface area (Å²) in [6, 6.07) is 8.84. The molecule has 1 unspecified atom stereocenters. The molecule has 1 amide bonds. The van der Waals surface area contributed by atoms with E-state index in [0.29, 0.717) is 30.8 Å². The van der Waals surface area contributed by atoms with Crippen LogP contribution in [0.1, 0.15) is 25.8 Å². The first-order valence-electron chi connectivity index (χ1n) is 6.66. The number of para-hydroxylation sites is 1. The lowest BCUT2D eigenvalue weighted by Crippen LogP contribution is -2.65. The van der Waals surface area contributed by atoms with Crippen LogP contribution >= 0.6 is 0 Å². The van der Waals surface area contributed by atoms with Gasteiger partial charge in [0.25, 0.3) is 5.91 Å². The number of benzene rings is 1. The summed E-state index contributed by atoms with van der Waals surface area (Å²) in [5, 5.41) is 18.9. The second kappa shape index (κ2) is 5.51. The number of rotatable bonds is 4. The number of nitriles is 1. The molecular formula is C15H18N2O3. The molecule has 0 spiro atoms. The van der Waals surface area contributed by atoms with Crippen LogP contribution in [0.15, 0.2) is 24.3 Å². The molecule has 1 aromatic carbocycles. The Morgan fingerprint density at radius 2 is 2.20 bits per heavy atom. The van der Waals surface area contributed by atoms with Crippen molar-refractivity contribution in [1.82, 2.24) is 4.90 Å². The first-order valence-corrected chi connectivity index (χ1v) is 6.66. The van der Waals surface area contributed by atoms with E-state index in [2.05, 4.69) is 0 Å². The van der Waals surface area contributed by atoms with E-state index in [-0.39, 0.29) is 5.91 Å². The molecule has 1 N–H and O–H groups in total. The van der Waals surface area contributed by atoms with E-state index in [1.807, 2.05) is 13.0 Å². The van der Waals surface area contributed by atoms with Gasteiger partial charge in [-0.1, -0.05) is 19.1 Å². The molecule has 5 nitrogen and oxygen atoms in total. The molecule has 5 heteroatoms. The van der Waals surface area contributed by atoms with Gasteiger partial charge in [0.2, 0.25) is 0 Å². The van der Waals surface area contributed by atoms with E-state index < -0.39 is 11.7 Å². The van der Waals surface area contributed by atoms with Gasteiger partial charge in [0.05, 0.1) is 24.3 Å². The Balaban J connectivity index is 1.98. The zero-order valence-corrected chi connectivity index (χ0v) is 11.7. The summed E-state index contributed by atoms with van der Waals surface area (Å²) in [4.78, 5) is 13.7. The number of hydrogen-bond donors (Lipinski definition) is 1. The largest absolute Gasteiger partial charge is 0.480 e. The summed E-state index contributed by atoms with van der Waals surface area (Å²) in [6.45, 7) is 4.23. The topological polar surface area (TPSA) is 73.6 Å². The van der Waals surface area contributed by atoms with Gasteiger partial charge in [-0.15, -0.1) is 0 Å². The highest BCUT2D eigenvalue weighted by molar-refractivity contribution is 5.82. The van der Waals surface area contributed by atoms with Gasteiger partial charge in [0.1, 0.15) is 11.8 Å². The molecule has 1 atom stereocenters. The molecule has 0 aromatic heterocycles. The fraction of sp³-hybridized carbons (Fsp3) is 0.467. The van der Waals surface area contributed by atoms with Crippen LogP contribution in [0.25, 0.3) is 0 Å². The third kappa shape index (κ3) is 2.75. The van der Waals surface area contributed by atoms with Crippen LogP contribution in [0, 0.1) is 11.3 Å². The summed E-state index contributed by atoms with van der Waals surface area (Å²) >= 11 is 0. The van der Waals surface area contributed by atoms with E-state index in [0.717, 1.165) is 0 Å². The molecule has 106 valence electrons. The summed E-state index contributed by atoms with van der Waals surface area (Å²) < 4.78 is 5.56. The Bertz CT molecular complexity index is 544. The zero-order chi connectivity index (χ0) is 14.8. The number of hydrogen-bond acceptors (Lipinski definition) is 4. The number of β-amino-alcohol motifs (C(OH)–C–C–N with tert-alkyl or cyclic N) is 1. The summed E-state index contributed by atoms with van der Waals surface area (Å²) in [6.07, 6.45) is -0.0468. The maximum atomic E-state index is 12.1. The SMILES string of the molecule is CCC1(O)CN(C(=O)C(C)Oc2ccccc2C#N)C1. The number of aliphatic hydroxyl groups is 1. The number of likely N-dealkylation sites (tertiary alicyclic amines) is 1. The minimum atomic E-state index is -0.750. The maximum Gasteiger partial charge on any atom is 0.263 e. The average Bonchev–Trinajstić information content (AvgIpc) is 2.43. The molecule has 20 heavy (non-hydrogen) atoms. The van der Waals surface area contributed by atoms with Crippen molar-refractivity contribution in [2.75, 3.05) is 13.1 Å². The third-order valence-electron chi connectivity index (χ3n) is 3.60. The molecule has 0 bridgehead atoms. The molecular weight excluding hydrogens is 256 g/mol. The van der Waals surface area contributed by atoms with Crippen LogP contribution in [0.5, 0.6) is 5.75 Å². The van der Waals surface area contributed by atoms with Gasteiger partial charge in [0, 0.05) is 0 Å². The Labute approximate surface area is 118 Å². The van der Waals surface area contributed by atoms with Crippen LogP contribution in [-0.2, 0) is 4.79 Å². The molecule has 0 radical (unpaired) electrons. The predicted octanol–water partition coefficient (Wildman–Crippen LogP) is 1.31. The molecule has 1 aromatic rings. The highest BCUT2D eigenvalue weighted by Gasteiger charge is 2.43. The van der Waals surface area contributed by atoms with Crippen molar-refractivity contribution in [2.24, 2.45) is 0 Å². The van der Waals surface area contributed by atoms with E-state index in [9.17, 15) is 9.90 Å². The third-order valence-corrected chi connectivity index (χ3v) is 3.60. The van der Waals surface area contributed by atoms with Crippen molar-refractivity contribution in [2.45, 2.75) is 32.0 Å². The highest BCUT2D eigenvalue weighted by Crippen LogP contribution is 2.26. The van der Waals surface area contributed by atoms with Gasteiger partial charge in [-0.2, -0.15) is 5.26 Å². The molecule has 0 saturated carbocycles. The van der Waals surface area contributed by atoms with Gasteiger partial charge in [-0.25, -0.2) is 0 Å². The van der Waals surface area contributed by atoms with E-state index >= 15 is 0 Å². The van der Waals surface area contributed by atoms with Crippen molar-refractivity contribution in [3.05, 3.63) is 29.8 Å². The number of nitrogens with zero attached hydrogens (tertiary/aromatic N) is 2. The molecule has 1 aliphatic heterocycles. The summed E-state index contributed by atoms with van der Waals surface area (Å²) in [5.41, 5.74) is -0.347. The summed E-state index contributed by atoms with van der Waals surface area (Å²) in [5.74, 6) is 0.234. The lowest BCUT2D eigenvalue weighted by Gasteiger charge is -2.46. The number of carbonyl (C=O) groups is 1. The van der Waals surface area contributed by atoms with Crippen LogP contribution < -0.4 is 4.74 Å². The lowest BCUT2D eigenvalue weighted by atomic mass is 9.91. The zero-order valence-electron chi connectivity index (χ0n) is 11.7. The number of carbonyl (C=O) groups excluding carboxylic acids is 1. The van der Waals surface area contributed by atoms with Crippen molar-refractivity contribution < 1.29 is 14.6 Å². The minimum absolute atomic E-state index is 0.170. The van der Waals surface area contributed by atoms with Crippen molar-refractivity contribution in [3.8, 4) is 11.8 Å². The normalized spacial score (nSPS) is 17.8. The minimum Gasteiger partial charge on any atom is -0.480 e. The van der Waals surface area contributed by atoms with Crippen LogP contribution in [-0.4, -0.2) is 40.7 Å². The Hall–Kier alpha value is -2.06. The molecule has 2 rings (SSSR count). The predicted molar refractivity (Wildman–Crippen MR) is 73.1 cm³/mol. The van der Waals surface area contributed by atoms with Crippen LogP contribution in [0.3, 0.4) is 0 Å². The maximum absolute atomic E-state index is 12.1.